The minimum absolute atomic E-state index is 0.204. The summed E-state index contributed by atoms with van der Waals surface area (Å²) in [5.74, 6) is -1.17. The Bertz CT molecular complexity index is 331. The van der Waals surface area contributed by atoms with Crippen LogP contribution >= 0.6 is 7.60 Å². The van der Waals surface area contributed by atoms with Gasteiger partial charge in [0.15, 0.2) is 0 Å². The second-order valence-electron chi connectivity index (χ2n) is 3.70. The van der Waals surface area contributed by atoms with E-state index in [0.717, 1.165) is 0 Å². The number of rotatable bonds is 9. The number of carbonyl (C=O) groups excluding carboxylic acids is 1. The first-order valence-corrected chi connectivity index (χ1v) is 7.06. The van der Waals surface area contributed by atoms with E-state index >= 15 is 0 Å². The Hall–Kier alpha value is -1.15. The van der Waals surface area contributed by atoms with Gasteiger partial charge in [0.05, 0.1) is 6.29 Å². The van der Waals surface area contributed by atoms with Crippen molar-refractivity contribution in [3.8, 4) is 0 Å². The molecule has 0 saturated carbocycles. The number of carbonyl (C=O) groups is 2. The van der Waals surface area contributed by atoms with Gasteiger partial charge >= 0.3 is 19.6 Å². The van der Waals surface area contributed by atoms with Gasteiger partial charge in [-0.05, 0) is 19.3 Å². The fourth-order valence-electron chi connectivity index (χ4n) is 1.23. The highest BCUT2D eigenvalue weighted by atomic mass is 31.2. The van der Waals surface area contributed by atoms with Crippen molar-refractivity contribution in [1.29, 1.82) is 0 Å². The van der Waals surface area contributed by atoms with Crippen molar-refractivity contribution in [2.75, 3.05) is 12.8 Å². The van der Waals surface area contributed by atoms with E-state index in [1.54, 1.807) is 0 Å². The molecule has 0 aromatic rings. The van der Waals surface area contributed by atoms with Crippen LogP contribution in [0.1, 0.15) is 19.3 Å². The molecule has 0 radical (unpaired) electrons. The van der Waals surface area contributed by atoms with Crippen LogP contribution in [-0.2, 0) is 9.36 Å². The van der Waals surface area contributed by atoms with Gasteiger partial charge in [-0.15, -0.1) is 0 Å². The van der Waals surface area contributed by atoms with Crippen LogP contribution in [0.3, 0.4) is 0 Å². The fraction of sp³-hybridized carbons (Fsp3) is 0.750. The molecule has 10 heteroatoms. The molecule has 0 saturated heterocycles. The fourth-order valence-corrected chi connectivity index (χ4v) is 1.69. The van der Waals surface area contributed by atoms with Gasteiger partial charge in [-0.1, -0.05) is 0 Å². The molecular weight excluding hydrogens is 265 g/mol. The maximum absolute atomic E-state index is 10.8. The molecule has 0 fully saturated rings. The predicted octanol–water partition coefficient (Wildman–Crippen LogP) is -0.997. The first kappa shape index (κ1) is 16.9. The van der Waals surface area contributed by atoms with Gasteiger partial charge in [0.2, 0.25) is 0 Å². The summed E-state index contributed by atoms with van der Waals surface area (Å²) in [4.78, 5) is 38.3. The second kappa shape index (κ2) is 8.04. The molecule has 9 nitrogen and oxygen atoms in total. The molecule has 0 aromatic carbocycles. The highest BCUT2D eigenvalue weighted by Crippen LogP contribution is 2.32. The number of hydrogen-bond acceptors (Lipinski definition) is 4. The number of primary amides is 1. The summed E-state index contributed by atoms with van der Waals surface area (Å²) in [5.41, 5.74) is 4.84. The quantitative estimate of drug-likeness (QED) is 0.233. The van der Waals surface area contributed by atoms with Crippen LogP contribution in [0, 0.1) is 0 Å². The Morgan fingerprint density at radius 1 is 1.28 bits per heavy atom. The van der Waals surface area contributed by atoms with Crippen LogP contribution in [-0.4, -0.2) is 45.8 Å². The highest BCUT2D eigenvalue weighted by Gasteiger charge is 2.21. The molecule has 0 unspecified atom stereocenters. The van der Waals surface area contributed by atoms with E-state index in [1.807, 2.05) is 0 Å². The number of hydrogen-bond donors (Lipinski definition) is 6. The molecule has 0 aliphatic heterocycles. The van der Waals surface area contributed by atoms with E-state index in [-0.39, 0.29) is 6.42 Å². The third-order valence-corrected chi connectivity index (χ3v) is 2.66. The van der Waals surface area contributed by atoms with Crippen molar-refractivity contribution in [3.05, 3.63) is 0 Å². The zero-order valence-corrected chi connectivity index (χ0v) is 10.6. The zero-order valence-electron chi connectivity index (χ0n) is 9.70. The molecule has 0 aliphatic carbocycles. The van der Waals surface area contributed by atoms with E-state index in [1.165, 1.54) is 0 Å². The summed E-state index contributed by atoms with van der Waals surface area (Å²) in [7, 11) is -4.27. The molecule has 106 valence electrons. The van der Waals surface area contributed by atoms with E-state index in [9.17, 15) is 14.2 Å². The number of carboxylic acids is 1. The molecule has 7 N–H and O–H groups in total. The number of urea groups is 1. The largest absolute Gasteiger partial charge is 0.480 e. The Kier molecular flexibility index (Phi) is 7.53. The molecule has 0 rings (SSSR count). The van der Waals surface area contributed by atoms with E-state index in [4.69, 9.17) is 20.6 Å². The van der Waals surface area contributed by atoms with Crippen molar-refractivity contribution in [3.63, 3.8) is 0 Å². The summed E-state index contributed by atoms with van der Waals surface area (Å²) in [6.07, 6.45) is 0.537. The number of nitrogens with two attached hydrogens (primary N) is 1. The third-order valence-electron chi connectivity index (χ3n) is 2.06. The lowest BCUT2D eigenvalue weighted by Gasteiger charge is -2.14. The summed E-state index contributed by atoms with van der Waals surface area (Å²) in [5, 5.41) is 13.4. The average molecular weight is 283 g/mol. The van der Waals surface area contributed by atoms with Gasteiger partial charge in [-0.25, -0.2) is 4.79 Å². The number of carboxylic acid groups (broad SMARTS) is 1. The Balaban J connectivity index is 3.88. The number of amides is 2. The zero-order chi connectivity index (χ0) is 14.2. The molecule has 0 aromatic heterocycles. The maximum atomic E-state index is 10.8. The van der Waals surface area contributed by atoms with Crippen LogP contribution in [0.25, 0.3) is 0 Å². The summed E-state index contributed by atoms with van der Waals surface area (Å²) in [6, 6.07) is -1.67. The van der Waals surface area contributed by atoms with Gasteiger partial charge < -0.3 is 25.9 Å². The van der Waals surface area contributed by atoms with Crippen molar-refractivity contribution < 1.29 is 29.0 Å². The van der Waals surface area contributed by atoms with E-state index < -0.39 is 31.9 Å². The van der Waals surface area contributed by atoms with Gasteiger partial charge in [0.1, 0.15) is 6.04 Å². The molecule has 0 aliphatic rings. The van der Waals surface area contributed by atoms with Crippen LogP contribution in [0.4, 0.5) is 4.79 Å². The Labute approximate surface area is 104 Å². The van der Waals surface area contributed by atoms with Gasteiger partial charge in [0.25, 0.3) is 0 Å². The maximum Gasteiger partial charge on any atom is 0.339 e. The van der Waals surface area contributed by atoms with Crippen LogP contribution in [0.5, 0.6) is 0 Å². The average Bonchev–Trinajstić information content (AvgIpc) is 2.19. The summed E-state index contributed by atoms with van der Waals surface area (Å²) < 4.78 is 10.6. The standard InChI is InChI=1S/C8H18N3O6P/c9-8(14)10-4-2-1-3-6(7(12)13)11-5-18(15,16)17/h6,11H,1-5H2,(H,12,13)(H3,9,10,14)(H2,15,16,17)/t6-/m0/s1. The SMILES string of the molecule is NC(=O)NCCCC[C@H](NCP(=O)(O)O)C(=O)O. The lowest BCUT2D eigenvalue weighted by molar-refractivity contribution is -0.139. The number of nitrogens with one attached hydrogen (secondary N) is 2. The molecule has 0 spiro atoms. The van der Waals surface area contributed by atoms with Crippen LogP contribution < -0.4 is 16.4 Å². The molecule has 0 heterocycles. The number of unbranched alkanes of at least 4 members (excludes halogenated alkanes) is 1. The minimum Gasteiger partial charge on any atom is -0.480 e. The van der Waals surface area contributed by atoms with E-state index in [0.29, 0.717) is 19.4 Å². The van der Waals surface area contributed by atoms with Crippen molar-refractivity contribution in [2.45, 2.75) is 25.3 Å². The smallest absolute Gasteiger partial charge is 0.339 e. The molecule has 2 amide bonds. The minimum atomic E-state index is -4.27. The van der Waals surface area contributed by atoms with Crippen molar-refractivity contribution in [1.82, 2.24) is 10.6 Å². The summed E-state index contributed by atoms with van der Waals surface area (Å²) >= 11 is 0. The Morgan fingerprint density at radius 3 is 2.33 bits per heavy atom. The van der Waals surface area contributed by atoms with Gasteiger partial charge in [-0.3, -0.25) is 14.7 Å². The summed E-state index contributed by atoms with van der Waals surface area (Å²) in [6.45, 7) is 0.333. The lowest BCUT2D eigenvalue weighted by Crippen LogP contribution is -2.37. The first-order chi connectivity index (χ1) is 8.22. The lowest BCUT2D eigenvalue weighted by atomic mass is 10.1. The molecule has 0 bridgehead atoms. The van der Waals surface area contributed by atoms with E-state index in [2.05, 4.69) is 10.6 Å². The van der Waals surface area contributed by atoms with Crippen LogP contribution in [0.2, 0.25) is 0 Å². The topological polar surface area (TPSA) is 162 Å². The third kappa shape index (κ3) is 10.0. The number of aliphatic carboxylic acids is 1. The molecule has 1 atom stereocenters. The first-order valence-electron chi connectivity index (χ1n) is 5.26. The van der Waals surface area contributed by atoms with Crippen molar-refractivity contribution in [2.24, 2.45) is 5.73 Å². The monoisotopic (exact) mass is 283 g/mol. The Morgan fingerprint density at radius 2 is 1.89 bits per heavy atom. The van der Waals surface area contributed by atoms with Crippen LogP contribution in [0.15, 0.2) is 0 Å². The molecule has 18 heavy (non-hydrogen) atoms. The normalized spacial score (nSPS) is 13.0. The predicted molar refractivity (Wildman–Crippen MR) is 62.9 cm³/mol. The van der Waals surface area contributed by atoms with Crippen molar-refractivity contribution >= 4 is 19.6 Å². The highest BCUT2D eigenvalue weighted by molar-refractivity contribution is 7.51. The van der Waals surface area contributed by atoms with Gasteiger partial charge in [0, 0.05) is 6.54 Å². The van der Waals surface area contributed by atoms with Gasteiger partial charge in [-0.2, -0.15) is 0 Å². The second-order valence-corrected chi connectivity index (χ2v) is 5.35. The molecular formula is C8H18N3O6P.